The summed E-state index contributed by atoms with van der Waals surface area (Å²) in [6.45, 7) is 3.82. The third kappa shape index (κ3) is 5.06. The van der Waals surface area contributed by atoms with E-state index in [0.717, 1.165) is 5.56 Å². The van der Waals surface area contributed by atoms with Gasteiger partial charge in [0.2, 0.25) is 5.95 Å². The maximum Gasteiger partial charge on any atom is 0.222 e. The zero-order chi connectivity index (χ0) is 12.2. The summed E-state index contributed by atoms with van der Waals surface area (Å²) in [6.07, 6.45) is 5.23. The van der Waals surface area contributed by atoms with Crippen LogP contribution < -0.4 is 5.32 Å². The minimum absolute atomic E-state index is 0.0393. The summed E-state index contributed by atoms with van der Waals surface area (Å²) in [5.74, 6) is 0.708. The predicted molar refractivity (Wildman–Crippen MR) is 64.2 cm³/mol. The second kappa shape index (κ2) is 5.25. The molecule has 16 heavy (non-hydrogen) atoms. The molecule has 0 aliphatic rings. The summed E-state index contributed by atoms with van der Waals surface area (Å²) in [6, 6.07) is 0.0393. The lowest BCUT2D eigenvalue weighted by Crippen LogP contribution is -2.20. The number of anilines is 1. The molecule has 1 atom stereocenters. The van der Waals surface area contributed by atoms with Crippen molar-refractivity contribution in [3.05, 3.63) is 18.0 Å². The third-order valence-electron chi connectivity index (χ3n) is 2.08. The van der Waals surface area contributed by atoms with Gasteiger partial charge >= 0.3 is 0 Å². The molecule has 0 saturated heterocycles. The third-order valence-corrected chi connectivity index (χ3v) is 3.06. The van der Waals surface area contributed by atoms with Crippen molar-refractivity contribution in [2.24, 2.45) is 0 Å². The van der Waals surface area contributed by atoms with Gasteiger partial charge in [-0.05, 0) is 25.8 Å². The van der Waals surface area contributed by atoms with Crippen molar-refractivity contribution in [2.45, 2.75) is 26.3 Å². The summed E-state index contributed by atoms with van der Waals surface area (Å²) >= 11 is 0. The molecular formula is C10H17N3O2S. The Labute approximate surface area is 96.2 Å². The van der Waals surface area contributed by atoms with E-state index in [1.54, 1.807) is 12.4 Å². The molecule has 1 aromatic rings. The fourth-order valence-electron chi connectivity index (χ4n) is 1.15. The second-order valence-electron chi connectivity index (χ2n) is 4.05. The molecule has 1 heterocycles. The standard InChI is InChI=1S/C10H17N3O2S/c1-8-6-11-10(12-7-8)13-9(2)4-5-16(3,14)15/h6-7,9H,4-5H2,1-3H3,(H,11,12,13). The Bertz CT molecular complexity index is 428. The average molecular weight is 243 g/mol. The van der Waals surface area contributed by atoms with Crippen molar-refractivity contribution in [3.8, 4) is 0 Å². The van der Waals surface area contributed by atoms with Crippen molar-refractivity contribution in [2.75, 3.05) is 17.3 Å². The zero-order valence-corrected chi connectivity index (χ0v) is 10.6. The molecule has 1 unspecified atom stereocenters. The molecule has 0 aromatic carbocycles. The summed E-state index contributed by atoms with van der Waals surface area (Å²) in [4.78, 5) is 8.18. The van der Waals surface area contributed by atoms with Crippen LogP contribution in [0.3, 0.4) is 0 Å². The number of aromatic nitrogens is 2. The van der Waals surface area contributed by atoms with Gasteiger partial charge in [0.05, 0.1) is 5.75 Å². The molecule has 6 heteroatoms. The van der Waals surface area contributed by atoms with Crippen molar-refractivity contribution in [1.82, 2.24) is 9.97 Å². The van der Waals surface area contributed by atoms with Crippen LogP contribution in [-0.2, 0) is 9.84 Å². The lowest BCUT2D eigenvalue weighted by atomic mass is 10.3. The van der Waals surface area contributed by atoms with Gasteiger partial charge in [-0.25, -0.2) is 18.4 Å². The summed E-state index contributed by atoms with van der Waals surface area (Å²) in [5.41, 5.74) is 0.995. The average Bonchev–Trinajstić information content (AvgIpc) is 2.18. The molecule has 0 fully saturated rings. The molecule has 0 bridgehead atoms. The number of hydrogen-bond acceptors (Lipinski definition) is 5. The largest absolute Gasteiger partial charge is 0.352 e. The maximum absolute atomic E-state index is 11.0. The van der Waals surface area contributed by atoms with Gasteiger partial charge in [-0.2, -0.15) is 0 Å². The number of aryl methyl sites for hydroxylation is 1. The number of hydrogen-bond donors (Lipinski definition) is 1. The normalized spacial score (nSPS) is 13.4. The lowest BCUT2D eigenvalue weighted by molar-refractivity contribution is 0.595. The molecular weight excluding hydrogens is 226 g/mol. The molecule has 1 rings (SSSR count). The van der Waals surface area contributed by atoms with E-state index >= 15 is 0 Å². The van der Waals surface area contributed by atoms with Crippen molar-refractivity contribution < 1.29 is 8.42 Å². The minimum Gasteiger partial charge on any atom is -0.352 e. The Morgan fingerprint density at radius 1 is 1.38 bits per heavy atom. The van der Waals surface area contributed by atoms with Gasteiger partial charge in [0.15, 0.2) is 0 Å². The van der Waals surface area contributed by atoms with Crippen LogP contribution in [0, 0.1) is 6.92 Å². The first kappa shape index (κ1) is 12.9. The van der Waals surface area contributed by atoms with Crippen molar-refractivity contribution in [3.63, 3.8) is 0 Å². The van der Waals surface area contributed by atoms with E-state index in [4.69, 9.17) is 0 Å². The van der Waals surface area contributed by atoms with Crippen LogP contribution in [-0.4, -0.2) is 36.4 Å². The van der Waals surface area contributed by atoms with Gasteiger partial charge in [-0.1, -0.05) is 0 Å². The predicted octanol–water partition coefficient (Wildman–Crippen LogP) is 1.02. The molecule has 0 radical (unpaired) electrons. The monoisotopic (exact) mass is 243 g/mol. The highest BCUT2D eigenvalue weighted by atomic mass is 32.2. The van der Waals surface area contributed by atoms with E-state index in [9.17, 15) is 8.42 Å². The van der Waals surface area contributed by atoms with E-state index in [-0.39, 0.29) is 11.8 Å². The Morgan fingerprint density at radius 2 is 1.94 bits per heavy atom. The summed E-state index contributed by atoms with van der Waals surface area (Å²) in [5, 5.41) is 3.06. The van der Waals surface area contributed by atoms with Gasteiger partial charge in [-0.15, -0.1) is 0 Å². The second-order valence-corrected chi connectivity index (χ2v) is 6.31. The van der Waals surface area contributed by atoms with Gasteiger partial charge in [0, 0.05) is 24.7 Å². The topological polar surface area (TPSA) is 72.0 Å². The molecule has 1 aromatic heterocycles. The Balaban J connectivity index is 2.45. The van der Waals surface area contributed by atoms with E-state index in [1.807, 2.05) is 13.8 Å². The lowest BCUT2D eigenvalue weighted by Gasteiger charge is -2.12. The maximum atomic E-state index is 11.0. The molecule has 0 aliphatic carbocycles. The zero-order valence-electron chi connectivity index (χ0n) is 9.77. The molecule has 0 spiro atoms. The highest BCUT2D eigenvalue weighted by molar-refractivity contribution is 7.90. The van der Waals surface area contributed by atoms with E-state index in [1.165, 1.54) is 6.26 Å². The first-order valence-corrected chi connectivity index (χ1v) is 7.16. The highest BCUT2D eigenvalue weighted by Gasteiger charge is 2.08. The van der Waals surface area contributed by atoms with Crippen LogP contribution in [0.5, 0.6) is 0 Å². The fourth-order valence-corrected chi connectivity index (χ4v) is 1.93. The SMILES string of the molecule is Cc1cnc(NC(C)CCS(C)(=O)=O)nc1. The van der Waals surface area contributed by atoms with E-state index < -0.39 is 9.84 Å². The van der Waals surface area contributed by atoms with Crippen LogP contribution in [0.1, 0.15) is 18.9 Å². The number of nitrogens with one attached hydrogen (secondary N) is 1. The minimum atomic E-state index is -2.90. The molecule has 0 saturated carbocycles. The quantitative estimate of drug-likeness (QED) is 0.836. The van der Waals surface area contributed by atoms with Crippen LogP contribution in [0.4, 0.5) is 5.95 Å². The Kier molecular flexibility index (Phi) is 4.23. The van der Waals surface area contributed by atoms with Gasteiger partial charge in [0.1, 0.15) is 9.84 Å². The highest BCUT2D eigenvalue weighted by Crippen LogP contribution is 2.04. The van der Waals surface area contributed by atoms with Crippen LogP contribution >= 0.6 is 0 Å². The molecule has 1 N–H and O–H groups in total. The van der Waals surface area contributed by atoms with Crippen LogP contribution in [0.2, 0.25) is 0 Å². The first-order valence-electron chi connectivity index (χ1n) is 5.10. The molecule has 5 nitrogen and oxygen atoms in total. The first-order chi connectivity index (χ1) is 7.37. The number of sulfone groups is 1. The van der Waals surface area contributed by atoms with E-state index in [2.05, 4.69) is 15.3 Å². The molecule has 90 valence electrons. The summed E-state index contributed by atoms with van der Waals surface area (Å²) < 4.78 is 21.9. The summed E-state index contributed by atoms with van der Waals surface area (Å²) in [7, 11) is -2.90. The van der Waals surface area contributed by atoms with Gasteiger partial charge in [-0.3, -0.25) is 0 Å². The Hall–Kier alpha value is -1.17. The fraction of sp³-hybridized carbons (Fsp3) is 0.600. The number of rotatable bonds is 5. The van der Waals surface area contributed by atoms with Crippen molar-refractivity contribution >= 4 is 15.8 Å². The molecule has 0 aliphatic heterocycles. The van der Waals surface area contributed by atoms with Gasteiger partial charge < -0.3 is 5.32 Å². The number of nitrogens with zero attached hydrogens (tertiary/aromatic N) is 2. The van der Waals surface area contributed by atoms with Gasteiger partial charge in [0.25, 0.3) is 0 Å². The van der Waals surface area contributed by atoms with Crippen molar-refractivity contribution in [1.29, 1.82) is 0 Å². The Morgan fingerprint density at radius 3 is 2.44 bits per heavy atom. The molecule has 0 amide bonds. The van der Waals surface area contributed by atoms with Crippen LogP contribution in [0.15, 0.2) is 12.4 Å². The van der Waals surface area contributed by atoms with Crippen LogP contribution in [0.25, 0.3) is 0 Å². The smallest absolute Gasteiger partial charge is 0.222 e. The van der Waals surface area contributed by atoms with E-state index in [0.29, 0.717) is 12.4 Å².